The fourth-order valence-corrected chi connectivity index (χ4v) is 9.06. The molecule has 0 aliphatic carbocycles. The number of ether oxygens (including phenoxy) is 1. The van der Waals surface area contributed by atoms with Gasteiger partial charge in [-0.3, -0.25) is 9.69 Å². The molecule has 35 heavy (non-hydrogen) atoms. The van der Waals surface area contributed by atoms with Gasteiger partial charge in [0.2, 0.25) is 5.91 Å². The van der Waals surface area contributed by atoms with Crippen LogP contribution in [0.15, 0.2) is 28.5 Å². The normalized spacial score (nSPS) is 21.6. The number of halogens is 1. The number of thiophene rings is 1. The summed E-state index contributed by atoms with van der Waals surface area (Å²) in [6.45, 7) is 5.43. The minimum Gasteiger partial charge on any atom is -0.376 e. The first kappa shape index (κ1) is 25.1. The molecule has 2 atom stereocenters. The molecule has 0 saturated carbocycles. The Morgan fingerprint density at radius 2 is 2.00 bits per heavy atom. The zero-order chi connectivity index (χ0) is 24.7. The molecule has 0 bridgehead atoms. The largest absolute Gasteiger partial charge is 0.376 e. The number of carbonyl (C=O) groups excluding carboxylic acids is 1. The summed E-state index contributed by atoms with van der Waals surface area (Å²) in [5.41, 5.74) is 3.12. The number of nitrogens with zero attached hydrogens (tertiary/aromatic N) is 3. The van der Waals surface area contributed by atoms with E-state index in [9.17, 15) is 13.2 Å². The molecule has 2 fully saturated rings. The Hall–Kier alpha value is -1.56. The molecule has 2 aliphatic rings. The zero-order valence-corrected chi connectivity index (χ0v) is 22.9. The van der Waals surface area contributed by atoms with Crippen LogP contribution in [0.5, 0.6) is 0 Å². The van der Waals surface area contributed by atoms with Gasteiger partial charge < -0.3 is 4.74 Å². The maximum absolute atomic E-state index is 14.1. The smallest absolute Gasteiger partial charge is 0.253 e. The molecule has 5 rings (SSSR count). The molecule has 2 aromatic heterocycles. The molecule has 4 heterocycles. The average molecular weight is 554 g/mol. The highest BCUT2D eigenvalue weighted by Crippen LogP contribution is 2.36. The summed E-state index contributed by atoms with van der Waals surface area (Å²) >= 11 is 8.52. The molecule has 188 valence electrons. The second-order valence-corrected chi connectivity index (χ2v) is 14.0. The lowest BCUT2D eigenvalue weighted by Gasteiger charge is -2.36. The Kier molecular flexibility index (Phi) is 7.22. The van der Waals surface area contributed by atoms with Crippen LogP contribution in [0.2, 0.25) is 4.34 Å². The lowest BCUT2D eigenvalue weighted by atomic mass is 10.0. The van der Waals surface area contributed by atoms with Gasteiger partial charge in [-0.15, -0.1) is 11.3 Å². The van der Waals surface area contributed by atoms with Crippen LogP contribution in [-0.2, 0) is 19.6 Å². The summed E-state index contributed by atoms with van der Waals surface area (Å²) in [6.07, 6.45) is 3.72. The second-order valence-electron chi connectivity index (χ2n) is 9.12. The Labute approximate surface area is 218 Å². The predicted octanol–water partition coefficient (Wildman–Crippen LogP) is 5.38. The number of carbonyl (C=O) groups is 1. The van der Waals surface area contributed by atoms with Crippen molar-refractivity contribution in [1.82, 2.24) is 9.29 Å². The fraction of sp³-hybridized carbons (Fsp3) is 0.500. The molecule has 0 radical (unpaired) electrons. The van der Waals surface area contributed by atoms with E-state index < -0.39 is 16.1 Å². The predicted molar refractivity (Wildman–Crippen MR) is 141 cm³/mol. The van der Waals surface area contributed by atoms with Crippen LogP contribution in [0.4, 0.5) is 5.13 Å². The zero-order valence-electron chi connectivity index (χ0n) is 19.7. The molecule has 7 nitrogen and oxygen atoms in total. The monoisotopic (exact) mass is 553 g/mol. The molecular formula is C24H28ClN3O4S3. The van der Waals surface area contributed by atoms with Crippen molar-refractivity contribution in [2.45, 2.75) is 62.3 Å². The van der Waals surface area contributed by atoms with Gasteiger partial charge >= 0.3 is 0 Å². The van der Waals surface area contributed by atoms with E-state index in [1.807, 2.05) is 19.9 Å². The number of hydrogen-bond acceptors (Lipinski definition) is 7. The quantitative estimate of drug-likeness (QED) is 0.409. The van der Waals surface area contributed by atoms with Gasteiger partial charge in [0.25, 0.3) is 10.0 Å². The maximum atomic E-state index is 14.1. The molecule has 1 amide bonds. The third-order valence-electron chi connectivity index (χ3n) is 6.83. The summed E-state index contributed by atoms with van der Waals surface area (Å²) in [6, 6.07) is 6.40. The standard InChI is InChI=1S/C24H28ClN3O4S3/c1-15-8-9-19-22(16(15)2)26-24(33-19)27(14-17-6-5-13-32-17)23(29)18-7-3-4-12-28(18)35(30,31)21-11-10-20(25)34-21/h8-11,17-18H,3-7,12-14H2,1-2H3. The molecule has 0 spiro atoms. The molecule has 1 aromatic carbocycles. The second kappa shape index (κ2) is 10.1. The van der Waals surface area contributed by atoms with E-state index in [-0.39, 0.29) is 16.2 Å². The summed E-state index contributed by atoms with van der Waals surface area (Å²) in [4.78, 5) is 20.7. The van der Waals surface area contributed by atoms with Gasteiger partial charge in [-0.25, -0.2) is 13.4 Å². The van der Waals surface area contributed by atoms with Gasteiger partial charge in [0.05, 0.1) is 27.2 Å². The van der Waals surface area contributed by atoms with Crippen molar-refractivity contribution in [3.8, 4) is 0 Å². The van der Waals surface area contributed by atoms with Crippen LogP contribution < -0.4 is 4.90 Å². The Balaban J connectivity index is 1.52. The van der Waals surface area contributed by atoms with Crippen molar-refractivity contribution in [3.63, 3.8) is 0 Å². The summed E-state index contributed by atoms with van der Waals surface area (Å²) in [5, 5.41) is 0.594. The van der Waals surface area contributed by atoms with E-state index in [0.717, 1.165) is 51.9 Å². The van der Waals surface area contributed by atoms with Crippen molar-refractivity contribution in [3.05, 3.63) is 39.7 Å². The first-order valence-electron chi connectivity index (χ1n) is 11.8. The lowest BCUT2D eigenvalue weighted by molar-refractivity contribution is -0.123. The van der Waals surface area contributed by atoms with Gasteiger partial charge in [0.1, 0.15) is 10.3 Å². The highest BCUT2D eigenvalue weighted by atomic mass is 35.5. The Bertz CT molecular complexity index is 1350. The Morgan fingerprint density at radius 1 is 1.17 bits per heavy atom. The summed E-state index contributed by atoms with van der Waals surface area (Å²) in [7, 11) is -3.84. The minimum atomic E-state index is -3.84. The van der Waals surface area contributed by atoms with E-state index >= 15 is 0 Å². The number of piperidine rings is 1. The number of aromatic nitrogens is 1. The van der Waals surface area contributed by atoms with Crippen molar-refractivity contribution in [2.75, 3.05) is 24.6 Å². The number of rotatable bonds is 6. The number of fused-ring (bicyclic) bond motifs is 1. The SMILES string of the molecule is Cc1ccc2sc(N(CC3CCCO3)C(=O)C3CCCCN3S(=O)(=O)c3ccc(Cl)s3)nc2c1C. The topological polar surface area (TPSA) is 79.8 Å². The van der Waals surface area contributed by atoms with Gasteiger partial charge in [0, 0.05) is 13.2 Å². The molecule has 0 N–H and O–H groups in total. The first-order chi connectivity index (χ1) is 16.8. The number of amides is 1. The van der Waals surface area contributed by atoms with Crippen molar-refractivity contribution < 1.29 is 17.9 Å². The van der Waals surface area contributed by atoms with Gasteiger partial charge in [-0.1, -0.05) is 35.4 Å². The molecule has 11 heteroatoms. The average Bonchev–Trinajstić information content (AvgIpc) is 3.61. The highest BCUT2D eigenvalue weighted by molar-refractivity contribution is 7.91. The van der Waals surface area contributed by atoms with Crippen LogP contribution in [0, 0.1) is 13.8 Å². The third-order valence-corrected chi connectivity index (χ3v) is 11.5. The number of anilines is 1. The molecular weight excluding hydrogens is 526 g/mol. The summed E-state index contributed by atoms with van der Waals surface area (Å²) in [5.74, 6) is -0.236. The Morgan fingerprint density at radius 3 is 2.71 bits per heavy atom. The third kappa shape index (κ3) is 4.89. The maximum Gasteiger partial charge on any atom is 0.253 e. The molecule has 2 unspecified atom stereocenters. The number of hydrogen-bond donors (Lipinski definition) is 0. The van der Waals surface area contributed by atoms with Crippen molar-refractivity contribution >= 4 is 65.6 Å². The van der Waals surface area contributed by atoms with E-state index in [2.05, 4.69) is 6.07 Å². The van der Waals surface area contributed by atoms with Crippen LogP contribution in [-0.4, -0.2) is 55.5 Å². The van der Waals surface area contributed by atoms with E-state index in [4.69, 9.17) is 21.3 Å². The van der Waals surface area contributed by atoms with Crippen LogP contribution in [0.1, 0.15) is 43.2 Å². The van der Waals surface area contributed by atoms with Gasteiger partial charge in [-0.2, -0.15) is 4.31 Å². The van der Waals surface area contributed by atoms with Crippen molar-refractivity contribution in [1.29, 1.82) is 0 Å². The molecule has 2 aliphatic heterocycles. The number of benzene rings is 1. The summed E-state index contributed by atoms with van der Waals surface area (Å²) < 4.78 is 35.8. The van der Waals surface area contributed by atoms with Crippen molar-refractivity contribution in [2.24, 2.45) is 0 Å². The molecule has 3 aromatic rings. The minimum absolute atomic E-state index is 0.0847. The van der Waals surface area contributed by atoms with E-state index in [0.29, 0.717) is 42.0 Å². The van der Waals surface area contributed by atoms with Crippen LogP contribution >= 0.6 is 34.3 Å². The number of aryl methyl sites for hydroxylation is 2. The van der Waals surface area contributed by atoms with Gasteiger partial charge in [-0.05, 0) is 68.9 Å². The number of sulfonamides is 1. The molecule has 2 saturated heterocycles. The van der Waals surface area contributed by atoms with Crippen LogP contribution in [0.25, 0.3) is 10.2 Å². The first-order valence-corrected chi connectivity index (χ1v) is 15.3. The van der Waals surface area contributed by atoms with Gasteiger partial charge in [0.15, 0.2) is 5.13 Å². The number of thiazole rings is 1. The van der Waals surface area contributed by atoms with E-state index in [1.54, 1.807) is 11.0 Å². The lowest BCUT2D eigenvalue weighted by Crippen LogP contribution is -2.54. The van der Waals surface area contributed by atoms with E-state index in [1.165, 1.54) is 21.7 Å². The highest BCUT2D eigenvalue weighted by Gasteiger charge is 2.41. The fourth-order valence-electron chi connectivity index (χ4n) is 4.76. The van der Waals surface area contributed by atoms with Crippen LogP contribution in [0.3, 0.4) is 0 Å².